The zero-order chi connectivity index (χ0) is 15.4. The number of carbonyl (C=O) groups excluding carboxylic acids is 1. The van der Waals surface area contributed by atoms with Crippen LogP contribution >= 0.6 is 23.1 Å². The van der Waals surface area contributed by atoms with E-state index in [2.05, 4.69) is 15.0 Å². The molecule has 0 saturated carbocycles. The topological polar surface area (TPSA) is 107 Å². The Kier molecular flexibility index (Phi) is 5.05. The molecular weight excluding hydrogens is 306 g/mol. The first-order valence-corrected chi connectivity index (χ1v) is 8.20. The smallest absolute Gasteiger partial charge is 0.212 e. The highest BCUT2D eigenvalue weighted by Crippen LogP contribution is 2.28. The van der Waals surface area contributed by atoms with Gasteiger partial charge in [-0.15, -0.1) is 11.3 Å². The lowest BCUT2D eigenvalue weighted by Gasteiger charge is -2.05. The molecule has 21 heavy (non-hydrogen) atoms. The lowest BCUT2D eigenvalue weighted by Crippen LogP contribution is -2.05. The van der Waals surface area contributed by atoms with Crippen molar-refractivity contribution in [1.29, 1.82) is 0 Å². The van der Waals surface area contributed by atoms with Gasteiger partial charge >= 0.3 is 0 Å². The normalized spacial score (nSPS) is 11.7. The van der Waals surface area contributed by atoms with E-state index in [0.717, 1.165) is 5.56 Å². The summed E-state index contributed by atoms with van der Waals surface area (Å²) < 4.78 is 0. The second kappa shape index (κ2) is 6.79. The number of carbonyl (C=O) groups is 1. The molecule has 6 nitrogen and oxygen atoms in total. The van der Waals surface area contributed by atoms with E-state index in [4.69, 9.17) is 11.5 Å². The molecule has 0 spiro atoms. The fraction of sp³-hybridized carbons (Fsp3) is 0.231. The molecule has 0 radical (unpaired) electrons. The number of amidine groups is 1. The summed E-state index contributed by atoms with van der Waals surface area (Å²) in [4.78, 5) is 24.4. The summed E-state index contributed by atoms with van der Waals surface area (Å²) in [6.07, 6.45) is 1.85. The second-order valence-corrected chi connectivity index (χ2v) is 5.80. The second-order valence-electron chi connectivity index (χ2n) is 4.13. The van der Waals surface area contributed by atoms with Gasteiger partial charge in [-0.2, -0.15) is 4.99 Å². The van der Waals surface area contributed by atoms with Crippen molar-refractivity contribution < 1.29 is 4.79 Å². The number of aliphatic imine (C=N–C) groups is 1. The van der Waals surface area contributed by atoms with E-state index in [-0.39, 0.29) is 5.78 Å². The Hall–Kier alpha value is -1.77. The first-order valence-electron chi connectivity index (χ1n) is 6.10. The zero-order valence-electron chi connectivity index (χ0n) is 11.7. The third kappa shape index (κ3) is 3.66. The van der Waals surface area contributed by atoms with Crippen LogP contribution in [0, 0.1) is 0 Å². The molecule has 0 saturated heterocycles. The van der Waals surface area contributed by atoms with Crippen LogP contribution in [0.3, 0.4) is 0 Å². The number of thiazole rings is 1. The minimum Gasteiger partial charge on any atom is -0.378 e. The van der Waals surface area contributed by atoms with Crippen LogP contribution in [0.1, 0.15) is 23.0 Å². The van der Waals surface area contributed by atoms with Crippen molar-refractivity contribution in [3.63, 3.8) is 0 Å². The molecule has 0 bridgehead atoms. The van der Waals surface area contributed by atoms with E-state index in [9.17, 15) is 4.79 Å². The van der Waals surface area contributed by atoms with Gasteiger partial charge in [0, 0.05) is 18.8 Å². The van der Waals surface area contributed by atoms with Crippen LogP contribution in [0.5, 0.6) is 0 Å². The van der Waals surface area contributed by atoms with Crippen LogP contribution < -0.4 is 11.5 Å². The van der Waals surface area contributed by atoms with Gasteiger partial charge in [-0.1, -0.05) is 17.8 Å². The number of nitrogens with two attached hydrogens (primary N) is 2. The Balaban J connectivity index is 2.45. The van der Waals surface area contributed by atoms with E-state index in [1.807, 2.05) is 11.6 Å². The van der Waals surface area contributed by atoms with Crippen LogP contribution in [-0.2, 0) is 6.54 Å². The van der Waals surface area contributed by atoms with Gasteiger partial charge in [-0.3, -0.25) is 4.79 Å². The number of pyridine rings is 1. The Bertz CT molecular complexity index is 696. The third-order valence-corrected chi connectivity index (χ3v) is 3.95. The van der Waals surface area contributed by atoms with Crippen LogP contribution in [0.2, 0.25) is 0 Å². The fourth-order valence-electron chi connectivity index (χ4n) is 1.63. The van der Waals surface area contributed by atoms with Crippen molar-refractivity contribution in [1.82, 2.24) is 9.97 Å². The molecule has 2 aromatic heterocycles. The van der Waals surface area contributed by atoms with Gasteiger partial charge in [0.1, 0.15) is 11.4 Å². The minimum atomic E-state index is -0.0973. The van der Waals surface area contributed by atoms with E-state index in [1.54, 1.807) is 12.1 Å². The highest BCUT2D eigenvalue weighted by atomic mass is 32.2. The molecule has 0 aliphatic rings. The zero-order valence-corrected chi connectivity index (χ0v) is 13.3. The number of aromatic nitrogens is 2. The predicted octanol–water partition coefficient (Wildman–Crippen LogP) is 2.18. The van der Waals surface area contributed by atoms with Crippen molar-refractivity contribution in [2.24, 2.45) is 16.5 Å². The molecule has 2 aromatic rings. The SMILES string of the molecule is CSC(N)=Nc1nc(-c2nc(C(C)=O)ccc2CN)cs1. The van der Waals surface area contributed by atoms with Gasteiger partial charge < -0.3 is 11.5 Å². The van der Waals surface area contributed by atoms with Crippen LogP contribution in [0.25, 0.3) is 11.4 Å². The molecule has 8 heteroatoms. The maximum absolute atomic E-state index is 11.5. The number of rotatable bonds is 4. The number of hydrogen-bond acceptors (Lipinski definition) is 7. The van der Waals surface area contributed by atoms with E-state index >= 15 is 0 Å². The maximum atomic E-state index is 11.5. The number of nitrogens with zero attached hydrogens (tertiary/aromatic N) is 3. The average Bonchev–Trinajstić information content (AvgIpc) is 2.94. The molecule has 0 aliphatic heterocycles. The molecule has 4 N–H and O–H groups in total. The van der Waals surface area contributed by atoms with Gasteiger partial charge in [0.25, 0.3) is 0 Å². The first-order chi connectivity index (χ1) is 10.0. The highest BCUT2D eigenvalue weighted by molar-refractivity contribution is 8.13. The summed E-state index contributed by atoms with van der Waals surface area (Å²) in [6, 6.07) is 3.47. The molecule has 0 fully saturated rings. The molecule has 0 aliphatic carbocycles. The van der Waals surface area contributed by atoms with Crippen molar-refractivity contribution in [3.8, 4) is 11.4 Å². The summed E-state index contributed by atoms with van der Waals surface area (Å²) >= 11 is 2.72. The molecule has 0 atom stereocenters. The molecule has 2 heterocycles. The van der Waals surface area contributed by atoms with Gasteiger partial charge in [0.2, 0.25) is 5.13 Å². The molecule has 0 aromatic carbocycles. The summed E-state index contributed by atoms with van der Waals surface area (Å²) in [5, 5.41) is 2.83. The molecule has 110 valence electrons. The average molecular weight is 321 g/mol. The van der Waals surface area contributed by atoms with Crippen LogP contribution in [-0.4, -0.2) is 27.2 Å². The quantitative estimate of drug-likeness (QED) is 0.508. The Labute approximate surface area is 130 Å². The molecule has 0 unspecified atom stereocenters. The van der Waals surface area contributed by atoms with E-state index in [0.29, 0.717) is 33.9 Å². The Morgan fingerprint density at radius 3 is 2.81 bits per heavy atom. The van der Waals surface area contributed by atoms with Gasteiger partial charge in [-0.25, -0.2) is 9.97 Å². The number of thioether (sulfide) groups is 1. The maximum Gasteiger partial charge on any atom is 0.212 e. The van der Waals surface area contributed by atoms with Crippen molar-refractivity contribution in [3.05, 3.63) is 28.8 Å². The van der Waals surface area contributed by atoms with Gasteiger partial charge in [0.05, 0.1) is 5.69 Å². The first kappa shape index (κ1) is 15.6. The van der Waals surface area contributed by atoms with Crippen molar-refractivity contribution in [2.45, 2.75) is 13.5 Å². The highest BCUT2D eigenvalue weighted by Gasteiger charge is 2.13. The number of ketones is 1. The summed E-state index contributed by atoms with van der Waals surface area (Å²) in [7, 11) is 0. The lowest BCUT2D eigenvalue weighted by molar-refractivity contribution is 0.101. The number of Topliss-reactive ketones (excluding diaryl/α,β-unsaturated/α-hetero) is 1. The largest absolute Gasteiger partial charge is 0.378 e. The molecular formula is C13H15N5OS2. The van der Waals surface area contributed by atoms with E-state index < -0.39 is 0 Å². The molecule has 2 rings (SSSR count). The van der Waals surface area contributed by atoms with Crippen molar-refractivity contribution in [2.75, 3.05) is 6.26 Å². The van der Waals surface area contributed by atoms with Crippen LogP contribution in [0.4, 0.5) is 5.13 Å². The summed E-state index contributed by atoms with van der Waals surface area (Å²) in [5.74, 6) is -0.0973. The Morgan fingerprint density at radius 1 is 1.43 bits per heavy atom. The summed E-state index contributed by atoms with van der Waals surface area (Å²) in [6.45, 7) is 1.80. The van der Waals surface area contributed by atoms with Gasteiger partial charge in [-0.05, 0) is 17.9 Å². The van der Waals surface area contributed by atoms with E-state index in [1.165, 1.54) is 30.0 Å². The number of hydrogen-bond donors (Lipinski definition) is 2. The monoisotopic (exact) mass is 321 g/mol. The lowest BCUT2D eigenvalue weighted by atomic mass is 10.1. The Morgan fingerprint density at radius 2 is 2.19 bits per heavy atom. The standard InChI is InChI=1S/C13H15N5OS2/c1-7(19)9-4-3-8(5-14)11(16-9)10-6-21-13(17-10)18-12(15)20-2/h3-4,6H,5,14H2,1-2H3,(H2,15,17,18). The van der Waals surface area contributed by atoms with Gasteiger partial charge in [0.15, 0.2) is 11.0 Å². The predicted molar refractivity (Wildman–Crippen MR) is 88.0 cm³/mol. The minimum absolute atomic E-state index is 0.0973. The molecule has 0 amide bonds. The van der Waals surface area contributed by atoms with Crippen LogP contribution in [0.15, 0.2) is 22.5 Å². The third-order valence-electron chi connectivity index (χ3n) is 2.71. The fourth-order valence-corrected chi connectivity index (χ4v) is 2.55. The van der Waals surface area contributed by atoms with Crippen molar-refractivity contribution >= 4 is 39.2 Å². The summed E-state index contributed by atoms with van der Waals surface area (Å²) in [5.41, 5.74) is 13.9.